The Labute approximate surface area is 97.7 Å². The number of nitrogens with zero attached hydrogens (tertiary/aromatic N) is 1. The third-order valence-electron chi connectivity index (χ3n) is 2.33. The lowest BCUT2D eigenvalue weighted by Crippen LogP contribution is -1.93. The number of hydrogen-bond donors (Lipinski definition) is 1. The van der Waals surface area contributed by atoms with Gasteiger partial charge in [0.1, 0.15) is 17.3 Å². The van der Waals surface area contributed by atoms with E-state index in [-0.39, 0.29) is 6.79 Å². The van der Waals surface area contributed by atoms with Gasteiger partial charge in [-0.2, -0.15) is 0 Å². The molecule has 2 aromatic rings. The Bertz CT molecular complexity index is 557. The lowest BCUT2D eigenvalue weighted by Gasteiger charge is -2.06. The Morgan fingerprint density at radius 1 is 1.06 bits per heavy atom. The minimum Gasteiger partial charge on any atom is -0.457 e. The zero-order valence-corrected chi connectivity index (χ0v) is 8.92. The van der Waals surface area contributed by atoms with Crippen LogP contribution in [0.3, 0.4) is 0 Å². The molecule has 0 atom stereocenters. The highest BCUT2D eigenvalue weighted by Crippen LogP contribution is 2.36. The maximum atomic E-state index is 5.63. The molecule has 0 saturated heterocycles. The Morgan fingerprint density at radius 3 is 2.76 bits per heavy atom. The first-order valence-electron chi connectivity index (χ1n) is 5.10. The van der Waals surface area contributed by atoms with Crippen LogP contribution in [0.1, 0.15) is 0 Å². The first-order valence-corrected chi connectivity index (χ1v) is 5.10. The minimum atomic E-state index is 0.251. The molecule has 0 aliphatic carbocycles. The van der Waals surface area contributed by atoms with E-state index in [1.807, 2.05) is 12.1 Å². The number of ether oxygens (including phenoxy) is 3. The Morgan fingerprint density at radius 2 is 1.88 bits per heavy atom. The summed E-state index contributed by atoms with van der Waals surface area (Å²) in [4.78, 5) is 3.89. The van der Waals surface area contributed by atoms with Crippen molar-refractivity contribution < 1.29 is 14.2 Å². The van der Waals surface area contributed by atoms with E-state index in [0.29, 0.717) is 23.1 Å². The van der Waals surface area contributed by atoms with Crippen molar-refractivity contribution in [2.75, 3.05) is 12.5 Å². The molecule has 1 aliphatic heterocycles. The third kappa shape index (κ3) is 1.94. The molecule has 2 N–H and O–H groups in total. The molecule has 1 aromatic carbocycles. The van der Waals surface area contributed by atoms with E-state index in [1.165, 1.54) is 0 Å². The molecule has 0 spiro atoms. The maximum Gasteiger partial charge on any atom is 0.231 e. The van der Waals surface area contributed by atoms with E-state index in [0.717, 1.165) is 5.75 Å². The summed E-state index contributed by atoms with van der Waals surface area (Å²) in [5, 5.41) is 0. The summed E-state index contributed by atoms with van der Waals surface area (Å²) in [6.45, 7) is 0.251. The average Bonchev–Trinajstić information content (AvgIpc) is 2.76. The lowest BCUT2D eigenvalue weighted by molar-refractivity contribution is 0.174. The van der Waals surface area contributed by atoms with Crippen LogP contribution in [0, 0.1) is 0 Å². The number of rotatable bonds is 2. The smallest absolute Gasteiger partial charge is 0.231 e. The number of nitrogen functional groups attached to an aromatic ring is 1. The maximum absolute atomic E-state index is 5.63. The van der Waals surface area contributed by atoms with Gasteiger partial charge < -0.3 is 19.9 Å². The standard InChI is InChI=1S/C12H10N2O3/c13-12-6-9(3-4-14-12)17-8-1-2-10-11(5-8)16-7-15-10/h1-6H,7H2,(H2,13,14). The van der Waals surface area contributed by atoms with E-state index in [9.17, 15) is 0 Å². The van der Waals surface area contributed by atoms with Gasteiger partial charge in [-0.25, -0.2) is 4.98 Å². The molecule has 5 heteroatoms. The van der Waals surface area contributed by atoms with Gasteiger partial charge in [-0.05, 0) is 18.2 Å². The second-order valence-corrected chi connectivity index (χ2v) is 3.53. The quantitative estimate of drug-likeness (QED) is 0.856. The highest BCUT2D eigenvalue weighted by molar-refractivity contribution is 5.48. The molecule has 0 amide bonds. The minimum absolute atomic E-state index is 0.251. The monoisotopic (exact) mass is 230 g/mol. The fourth-order valence-electron chi connectivity index (χ4n) is 1.57. The van der Waals surface area contributed by atoms with E-state index < -0.39 is 0 Å². The molecule has 5 nitrogen and oxygen atoms in total. The fraction of sp³-hybridized carbons (Fsp3) is 0.0833. The molecule has 2 heterocycles. The SMILES string of the molecule is Nc1cc(Oc2ccc3c(c2)OCO3)ccn1. The normalized spacial score (nSPS) is 12.5. The molecule has 0 saturated carbocycles. The second-order valence-electron chi connectivity index (χ2n) is 3.53. The summed E-state index contributed by atoms with van der Waals surface area (Å²) in [5.74, 6) is 3.13. The van der Waals surface area contributed by atoms with Crippen LogP contribution in [0.2, 0.25) is 0 Å². The first kappa shape index (κ1) is 9.77. The summed E-state index contributed by atoms with van der Waals surface area (Å²) in [6.07, 6.45) is 1.59. The van der Waals surface area contributed by atoms with Gasteiger partial charge in [0.2, 0.25) is 6.79 Å². The molecule has 0 radical (unpaired) electrons. The van der Waals surface area contributed by atoms with E-state index in [1.54, 1.807) is 24.4 Å². The first-order chi connectivity index (χ1) is 8.31. The van der Waals surface area contributed by atoms with Gasteiger partial charge in [0.05, 0.1) is 0 Å². The highest BCUT2D eigenvalue weighted by atomic mass is 16.7. The number of fused-ring (bicyclic) bond motifs is 1. The highest BCUT2D eigenvalue weighted by Gasteiger charge is 2.13. The van der Waals surface area contributed by atoms with Crippen molar-refractivity contribution in [2.45, 2.75) is 0 Å². The molecule has 0 unspecified atom stereocenters. The number of aromatic nitrogens is 1. The van der Waals surface area contributed by atoms with Crippen LogP contribution >= 0.6 is 0 Å². The molecule has 1 aliphatic rings. The zero-order chi connectivity index (χ0) is 11.7. The van der Waals surface area contributed by atoms with Crippen LogP contribution in [0.4, 0.5) is 5.82 Å². The molecule has 86 valence electrons. The fourth-order valence-corrected chi connectivity index (χ4v) is 1.57. The summed E-state index contributed by atoms with van der Waals surface area (Å²) in [5.41, 5.74) is 5.57. The van der Waals surface area contributed by atoms with Crippen LogP contribution in [0.5, 0.6) is 23.0 Å². The average molecular weight is 230 g/mol. The van der Waals surface area contributed by atoms with Crippen LogP contribution in [-0.4, -0.2) is 11.8 Å². The van der Waals surface area contributed by atoms with Crippen molar-refractivity contribution in [1.82, 2.24) is 4.98 Å². The summed E-state index contributed by atoms with van der Waals surface area (Å²) >= 11 is 0. The molecule has 3 rings (SSSR count). The van der Waals surface area contributed by atoms with Crippen molar-refractivity contribution in [3.63, 3.8) is 0 Å². The van der Waals surface area contributed by atoms with Gasteiger partial charge in [-0.15, -0.1) is 0 Å². The van der Waals surface area contributed by atoms with Crippen LogP contribution in [0.25, 0.3) is 0 Å². The van der Waals surface area contributed by atoms with Gasteiger partial charge in [0, 0.05) is 18.3 Å². The van der Waals surface area contributed by atoms with Crippen molar-refractivity contribution in [1.29, 1.82) is 0 Å². The van der Waals surface area contributed by atoms with Gasteiger partial charge in [0.25, 0.3) is 0 Å². The van der Waals surface area contributed by atoms with Gasteiger partial charge >= 0.3 is 0 Å². The van der Waals surface area contributed by atoms with Gasteiger partial charge in [0.15, 0.2) is 11.5 Å². The molecule has 1 aromatic heterocycles. The van der Waals surface area contributed by atoms with Gasteiger partial charge in [-0.3, -0.25) is 0 Å². The Hall–Kier alpha value is -2.43. The van der Waals surface area contributed by atoms with E-state index in [2.05, 4.69) is 4.98 Å². The number of benzene rings is 1. The zero-order valence-electron chi connectivity index (χ0n) is 8.92. The summed E-state index contributed by atoms with van der Waals surface area (Å²) in [7, 11) is 0. The Kier molecular flexibility index (Phi) is 2.22. The lowest BCUT2D eigenvalue weighted by atomic mass is 10.3. The molecular formula is C12H10N2O3. The number of anilines is 1. The largest absolute Gasteiger partial charge is 0.457 e. The van der Waals surface area contributed by atoms with Crippen molar-refractivity contribution >= 4 is 5.82 Å². The predicted molar refractivity (Wildman–Crippen MR) is 61.3 cm³/mol. The van der Waals surface area contributed by atoms with E-state index in [4.69, 9.17) is 19.9 Å². The van der Waals surface area contributed by atoms with Crippen LogP contribution in [-0.2, 0) is 0 Å². The summed E-state index contributed by atoms with van der Waals surface area (Å²) in [6, 6.07) is 8.79. The number of nitrogens with two attached hydrogens (primary N) is 1. The summed E-state index contributed by atoms with van der Waals surface area (Å²) < 4.78 is 16.1. The number of hydrogen-bond acceptors (Lipinski definition) is 5. The molecule has 0 fully saturated rings. The topological polar surface area (TPSA) is 66.6 Å². The van der Waals surface area contributed by atoms with Crippen molar-refractivity contribution in [3.8, 4) is 23.0 Å². The molecular weight excluding hydrogens is 220 g/mol. The third-order valence-corrected chi connectivity index (χ3v) is 2.33. The predicted octanol–water partition coefficient (Wildman–Crippen LogP) is 2.18. The molecule has 17 heavy (non-hydrogen) atoms. The number of pyridine rings is 1. The Balaban J connectivity index is 1.86. The van der Waals surface area contributed by atoms with E-state index >= 15 is 0 Å². The van der Waals surface area contributed by atoms with Crippen LogP contribution in [0.15, 0.2) is 36.5 Å². The van der Waals surface area contributed by atoms with Gasteiger partial charge in [-0.1, -0.05) is 0 Å². The van der Waals surface area contributed by atoms with Crippen LogP contribution < -0.4 is 19.9 Å². The molecule has 0 bridgehead atoms. The van der Waals surface area contributed by atoms with Crippen molar-refractivity contribution in [3.05, 3.63) is 36.5 Å². The van der Waals surface area contributed by atoms with Crippen molar-refractivity contribution in [2.24, 2.45) is 0 Å². The second kappa shape index (κ2) is 3.86.